The van der Waals surface area contributed by atoms with Gasteiger partial charge in [-0.05, 0) is 18.2 Å². The Morgan fingerprint density at radius 3 is 2.57 bits per heavy atom. The first kappa shape index (κ1) is 14.4. The quantitative estimate of drug-likeness (QED) is 0.774. The van der Waals surface area contributed by atoms with Gasteiger partial charge in [-0.3, -0.25) is 0 Å². The summed E-state index contributed by atoms with van der Waals surface area (Å²) in [5.41, 5.74) is 1.88. The number of hydrogen-bond donors (Lipinski definition) is 2. The molecule has 0 saturated heterocycles. The normalized spacial score (nSPS) is 20.5. The number of fused-ring (bicyclic) bond motifs is 1. The van der Waals surface area contributed by atoms with Gasteiger partial charge in [-0.15, -0.1) is 0 Å². The van der Waals surface area contributed by atoms with Crippen LogP contribution in [-0.2, 0) is 0 Å². The molecule has 0 fully saturated rings. The Kier molecular flexibility index (Phi) is 3.87. The molecule has 5 heteroatoms. The molecule has 110 valence electrons. The fourth-order valence-corrected chi connectivity index (χ4v) is 3.03. The summed E-state index contributed by atoms with van der Waals surface area (Å²) in [6.45, 7) is 2.77. The lowest BCUT2D eigenvalue weighted by atomic mass is 9.92. The number of hydrogen-bond acceptors (Lipinski definition) is 3. The van der Waals surface area contributed by atoms with Crippen molar-refractivity contribution >= 4 is 28.9 Å². The summed E-state index contributed by atoms with van der Waals surface area (Å²) in [4.78, 5) is 0. The predicted molar refractivity (Wildman–Crippen MR) is 85.6 cm³/mol. The second-order valence-electron chi connectivity index (χ2n) is 5.24. The van der Waals surface area contributed by atoms with Crippen LogP contribution in [0.25, 0.3) is 0 Å². The summed E-state index contributed by atoms with van der Waals surface area (Å²) >= 11 is 11.9. The van der Waals surface area contributed by atoms with Crippen LogP contribution in [0.2, 0.25) is 10.0 Å². The van der Waals surface area contributed by atoms with Gasteiger partial charge in [0.05, 0.1) is 22.7 Å². The van der Waals surface area contributed by atoms with E-state index >= 15 is 0 Å². The van der Waals surface area contributed by atoms with Gasteiger partial charge < -0.3 is 15.2 Å². The van der Waals surface area contributed by atoms with Crippen molar-refractivity contribution in [2.45, 2.75) is 13.0 Å². The summed E-state index contributed by atoms with van der Waals surface area (Å²) < 4.78 is 5.74. The van der Waals surface area contributed by atoms with Gasteiger partial charge in [0.1, 0.15) is 5.75 Å². The first-order chi connectivity index (χ1) is 10.1. The van der Waals surface area contributed by atoms with Gasteiger partial charge in [-0.25, -0.2) is 0 Å². The molecule has 3 nitrogen and oxygen atoms in total. The number of aromatic hydroxyl groups is 1. The Morgan fingerprint density at radius 1 is 1.19 bits per heavy atom. The van der Waals surface area contributed by atoms with Crippen LogP contribution in [-0.4, -0.2) is 11.7 Å². The van der Waals surface area contributed by atoms with Gasteiger partial charge in [0.15, 0.2) is 5.75 Å². The summed E-state index contributed by atoms with van der Waals surface area (Å²) in [5, 5.41) is 13.5. The fraction of sp³-hybridized carbons (Fsp3) is 0.250. The number of phenolic OH excluding ortho intramolecular Hbond substituents is 1. The minimum absolute atomic E-state index is 0.0932. The summed E-state index contributed by atoms with van der Waals surface area (Å²) in [6.07, 6.45) is 0. The van der Waals surface area contributed by atoms with Crippen LogP contribution in [0.5, 0.6) is 11.5 Å². The van der Waals surface area contributed by atoms with Crippen molar-refractivity contribution in [2.75, 3.05) is 11.9 Å². The van der Waals surface area contributed by atoms with Crippen molar-refractivity contribution in [1.29, 1.82) is 0 Å². The average molecular weight is 324 g/mol. The van der Waals surface area contributed by atoms with E-state index in [0.717, 1.165) is 17.0 Å². The molecule has 3 rings (SSSR count). The van der Waals surface area contributed by atoms with E-state index in [4.69, 9.17) is 27.9 Å². The number of ether oxygens (including phenoxy) is 1. The van der Waals surface area contributed by atoms with Crippen LogP contribution >= 0.6 is 23.2 Å². The molecule has 2 aromatic rings. The van der Waals surface area contributed by atoms with Crippen molar-refractivity contribution in [3.05, 3.63) is 52.0 Å². The lowest BCUT2D eigenvalue weighted by molar-refractivity contribution is 0.214. The van der Waals surface area contributed by atoms with E-state index in [-0.39, 0.29) is 21.8 Å². The van der Waals surface area contributed by atoms with Gasteiger partial charge in [-0.1, -0.05) is 48.3 Å². The van der Waals surface area contributed by atoms with Gasteiger partial charge in [-0.2, -0.15) is 0 Å². The van der Waals surface area contributed by atoms with Crippen LogP contribution in [0.3, 0.4) is 0 Å². The van der Waals surface area contributed by atoms with Crippen molar-refractivity contribution in [2.24, 2.45) is 5.92 Å². The molecular formula is C16H15Cl2NO2. The van der Waals surface area contributed by atoms with Crippen LogP contribution in [0.15, 0.2) is 36.4 Å². The zero-order valence-electron chi connectivity index (χ0n) is 11.4. The minimum Gasteiger partial charge on any atom is -0.505 e. The zero-order valence-corrected chi connectivity index (χ0v) is 12.9. The average Bonchev–Trinajstić information content (AvgIpc) is 2.47. The third-order valence-electron chi connectivity index (χ3n) is 3.66. The minimum atomic E-state index is -0.0932. The Hall–Kier alpha value is -1.58. The molecule has 2 unspecified atom stereocenters. The van der Waals surface area contributed by atoms with Crippen molar-refractivity contribution in [3.8, 4) is 11.5 Å². The summed E-state index contributed by atoms with van der Waals surface area (Å²) in [7, 11) is 0. The molecule has 1 aliphatic heterocycles. The van der Waals surface area contributed by atoms with E-state index < -0.39 is 0 Å². The summed E-state index contributed by atoms with van der Waals surface area (Å²) in [6, 6.07) is 11.4. The van der Waals surface area contributed by atoms with E-state index in [2.05, 4.69) is 12.2 Å². The maximum absolute atomic E-state index is 9.63. The van der Waals surface area contributed by atoms with Crippen LogP contribution in [0.4, 0.5) is 5.69 Å². The third kappa shape index (κ3) is 2.76. The number of para-hydroxylation sites is 1. The molecule has 2 atom stereocenters. The van der Waals surface area contributed by atoms with Crippen LogP contribution in [0, 0.1) is 5.92 Å². The van der Waals surface area contributed by atoms with Gasteiger partial charge in [0.25, 0.3) is 0 Å². The Morgan fingerprint density at radius 2 is 1.86 bits per heavy atom. The molecule has 0 aromatic heterocycles. The van der Waals surface area contributed by atoms with E-state index in [1.54, 1.807) is 12.1 Å². The van der Waals surface area contributed by atoms with E-state index in [0.29, 0.717) is 12.5 Å². The van der Waals surface area contributed by atoms with E-state index in [9.17, 15) is 5.11 Å². The number of halogens is 2. The number of nitrogens with one attached hydrogen (secondary N) is 1. The topological polar surface area (TPSA) is 41.5 Å². The standard InChI is InChI=1S/C16H15Cl2NO2/c1-9-8-21-14-5-3-2-4-11(14)15(9)19-10-6-12(17)16(20)13(18)7-10/h2-7,9,15,19-20H,8H2,1H3. The maximum Gasteiger partial charge on any atom is 0.152 e. The smallest absolute Gasteiger partial charge is 0.152 e. The molecule has 0 saturated carbocycles. The molecule has 1 aliphatic rings. The lowest BCUT2D eigenvalue weighted by Crippen LogP contribution is -2.28. The van der Waals surface area contributed by atoms with Crippen molar-refractivity contribution in [1.82, 2.24) is 0 Å². The fourth-order valence-electron chi connectivity index (χ4n) is 2.54. The predicted octanol–water partition coefficient (Wildman–Crippen LogP) is 4.88. The second kappa shape index (κ2) is 5.66. The molecule has 1 heterocycles. The summed E-state index contributed by atoms with van der Waals surface area (Å²) in [5.74, 6) is 1.10. The van der Waals surface area contributed by atoms with Gasteiger partial charge in [0.2, 0.25) is 0 Å². The van der Waals surface area contributed by atoms with Crippen LogP contribution in [0.1, 0.15) is 18.5 Å². The Balaban J connectivity index is 1.94. The highest BCUT2D eigenvalue weighted by atomic mass is 35.5. The molecule has 0 aliphatic carbocycles. The Labute approximate surface area is 133 Å². The maximum atomic E-state index is 9.63. The molecule has 0 bridgehead atoms. The molecule has 21 heavy (non-hydrogen) atoms. The SMILES string of the molecule is CC1COc2ccccc2C1Nc1cc(Cl)c(O)c(Cl)c1. The van der Waals surface area contributed by atoms with E-state index in [1.807, 2.05) is 24.3 Å². The van der Waals surface area contributed by atoms with E-state index in [1.165, 1.54) is 0 Å². The van der Waals surface area contributed by atoms with Gasteiger partial charge in [0, 0.05) is 17.2 Å². The van der Waals surface area contributed by atoms with Crippen molar-refractivity contribution < 1.29 is 9.84 Å². The first-order valence-electron chi connectivity index (χ1n) is 6.72. The molecular weight excluding hydrogens is 309 g/mol. The second-order valence-corrected chi connectivity index (χ2v) is 6.05. The lowest BCUT2D eigenvalue weighted by Gasteiger charge is -2.32. The number of rotatable bonds is 2. The number of anilines is 1. The van der Waals surface area contributed by atoms with Crippen molar-refractivity contribution in [3.63, 3.8) is 0 Å². The monoisotopic (exact) mass is 323 g/mol. The number of phenols is 1. The third-order valence-corrected chi connectivity index (χ3v) is 4.24. The number of benzene rings is 2. The highest BCUT2D eigenvalue weighted by molar-refractivity contribution is 6.37. The molecule has 2 N–H and O–H groups in total. The Bertz CT molecular complexity index is 652. The van der Waals surface area contributed by atoms with Gasteiger partial charge >= 0.3 is 0 Å². The molecule has 0 radical (unpaired) electrons. The highest BCUT2D eigenvalue weighted by Crippen LogP contribution is 2.40. The zero-order chi connectivity index (χ0) is 15.0. The molecule has 0 amide bonds. The highest BCUT2D eigenvalue weighted by Gasteiger charge is 2.27. The first-order valence-corrected chi connectivity index (χ1v) is 7.48. The largest absolute Gasteiger partial charge is 0.505 e. The molecule has 2 aromatic carbocycles. The van der Waals surface area contributed by atoms with Crippen LogP contribution < -0.4 is 10.1 Å². The molecule has 0 spiro atoms.